The second kappa shape index (κ2) is 19.0. The van der Waals surface area contributed by atoms with E-state index in [1.165, 1.54) is 17.3 Å². The SMILES string of the molecule is C=C(CCCC=O)CCCN(CCC)c1ncc(C(=O)N[C@H](C(=O)N2C[C@H](O)C[C@H]2C(=O)N[C@@H](C)c2ccc(-c3scnc3C)cc2)C(C)(C)C)cn1. The Morgan fingerprint density at radius 2 is 1.75 bits per heavy atom. The number of nitrogens with zero attached hydrogens (tertiary/aromatic N) is 5. The quantitative estimate of drug-likeness (QED) is 0.0830. The van der Waals surface area contributed by atoms with Crippen LogP contribution in [-0.4, -0.2) is 86.8 Å². The van der Waals surface area contributed by atoms with Gasteiger partial charge in [0.05, 0.1) is 33.8 Å². The number of nitrogens with one attached hydrogen (secondary N) is 2. The van der Waals surface area contributed by atoms with E-state index in [-0.39, 0.29) is 30.5 Å². The third kappa shape index (κ3) is 11.3. The molecule has 1 aliphatic heterocycles. The summed E-state index contributed by atoms with van der Waals surface area (Å²) in [7, 11) is 0. The van der Waals surface area contributed by atoms with Gasteiger partial charge in [-0.3, -0.25) is 14.4 Å². The van der Waals surface area contributed by atoms with E-state index < -0.39 is 35.4 Å². The lowest BCUT2D eigenvalue weighted by molar-refractivity contribution is -0.142. The first-order valence-electron chi connectivity index (χ1n) is 18.5. The Hall–Kier alpha value is -4.49. The number of aromatic nitrogens is 3. The smallest absolute Gasteiger partial charge is 0.255 e. The number of aliphatic hydroxyl groups is 1. The van der Waals surface area contributed by atoms with Gasteiger partial charge in [0.15, 0.2) is 0 Å². The van der Waals surface area contributed by atoms with Gasteiger partial charge >= 0.3 is 0 Å². The number of benzene rings is 1. The van der Waals surface area contributed by atoms with Gasteiger partial charge in [-0.1, -0.05) is 64.1 Å². The summed E-state index contributed by atoms with van der Waals surface area (Å²) in [6.07, 6.45) is 7.88. The molecule has 3 amide bonds. The molecule has 3 heterocycles. The Kier molecular flexibility index (Phi) is 14.8. The van der Waals surface area contributed by atoms with Crippen molar-refractivity contribution < 1.29 is 24.3 Å². The summed E-state index contributed by atoms with van der Waals surface area (Å²) in [5, 5.41) is 16.5. The fraction of sp³-hybridized carbons (Fsp3) is 0.525. The number of rotatable bonds is 18. The molecule has 0 saturated carbocycles. The summed E-state index contributed by atoms with van der Waals surface area (Å²) in [6.45, 7) is 17.0. The van der Waals surface area contributed by atoms with Crippen molar-refractivity contribution in [1.29, 1.82) is 0 Å². The summed E-state index contributed by atoms with van der Waals surface area (Å²) in [6, 6.07) is 5.70. The Balaban J connectivity index is 1.40. The van der Waals surface area contributed by atoms with Gasteiger partial charge in [-0.25, -0.2) is 15.0 Å². The van der Waals surface area contributed by atoms with Crippen LogP contribution in [0.2, 0.25) is 0 Å². The molecule has 0 aliphatic carbocycles. The Morgan fingerprint density at radius 1 is 1.08 bits per heavy atom. The van der Waals surface area contributed by atoms with Crippen LogP contribution in [0.4, 0.5) is 5.95 Å². The standard InChI is InChI=1S/C40H55N7O5S/c1-8-18-46(19-11-13-26(2)12-9-10-20-48)39-41-22-31(23-42-39)36(50)45-35(40(5,6)7)38(52)47-24-32(49)21-33(47)37(51)44-27(3)29-14-16-30(17-15-29)34-28(4)43-25-53-34/h14-17,20,22-23,25,27,32-33,35,49H,2,8-13,18-19,21,24H2,1,3-7H3,(H,44,51)(H,45,50)/t27-,32+,33-,35+/m0/s1. The number of carbonyl (C=O) groups excluding carboxylic acids is 4. The van der Waals surface area contributed by atoms with E-state index >= 15 is 0 Å². The maximum atomic E-state index is 14.1. The molecule has 3 aromatic rings. The number of hydrogen-bond acceptors (Lipinski definition) is 10. The number of amides is 3. The van der Waals surface area contributed by atoms with Crippen molar-refractivity contribution in [1.82, 2.24) is 30.5 Å². The van der Waals surface area contributed by atoms with Crippen molar-refractivity contribution in [3.8, 4) is 10.4 Å². The fourth-order valence-electron chi connectivity index (χ4n) is 6.49. The number of hydrogen-bond donors (Lipinski definition) is 3. The summed E-state index contributed by atoms with van der Waals surface area (Å²) in [5.41, 5.74) is 5.34. The lowest BCUT2D eigenvalue weighted by atomic mass is 9.85. The highest BCUT2D eigenvalue weighted by Crippen LogP contribution is 2.30. The van der Waals surface area contributed by atoms with Crippen LogP contribution in [0.3, 0.4) is 0 Å². The highest BCUT2D eigenvalue weighted by molar-refractivity contribution is 7.13. The van der Waals surface area contributed by atoms with E-state index in [1.807, 2.05) is 64.4 Å². The molecule has 12 nitrogen and oxygen atoms in total. The molecule has 0 unspecified atom stereocenters. The maximum Gasteiger partial charge on any atom is 0.255 e. The first kappa shape index (κ1) is 41.3. The molecule has 4 rings (SSSR count). The molecule has 0 radical (unpaired) electrons. The molecule has 3 N–H and O–H groups in total. The lowest BCUT2D eigenvalue weighted by Gasteiger charge is -2.35. The van der Waals surface area contributed by atoms with Gasteiger partial charge in [0.25, 0.3) is 5.91 Å². The van der Waals surface area contributed by atoms with Crippen molar-refractivity contribution in [3.05, 3.63) is 71.1 Å². The van der Waals surface area contributed by atoms with Crippen molar-refractivity contribution in [2.24, 2.45) is 5.41 Å². The minimum atomic E-state index is -0.994. The lowest BCUT2D eigenvalue weighted by Crippen LogP contribution is -2.57. The van der Waals surface area contributed by atoms with E-state index in [1.54, 1.807) is 11.3 Å². The number of aryl methyl sites for hydroxylation is 1. The van der Waals surface area contributed by atoms with Gasteiger partial charge in [-0.2, -0.15) is 0 Å². The van der Waals surface area contributed by atoms with Crippen molar-refractivity contribution in [2.75, 3.05) is 24.5 Å². The topological polar surface area (TPSA) is 158 Å². The molecule has 0 spiro atoms. The number of unbranched alkanes of at least 4 members (excludes halogenated alkanes) is 1. The van der Waals surface area contributed by atoms with Crippen molar-refractivity contribution in [2.45, 2.75) is 111 Å². The van der Waals surface area contributed by atoms with Crippen LogP contribution >= 0.6 is 11.3 Å². The van der Waals surface area contributed by atoms with Gasteiger partial charge in [-0.05, 0) is 62.5 Å². The van der Waals surface area contributed by atoms with Crippen LogP contribution in [0.5, 0.6) is 0 Å². The van der Waals surface area contributed by atoms with Gasteiger partial charge in [-0.15, -0.1) is 11.3 Å². The molecule has 1 aliphatic rings. The summed E-state index contributed by atoms with van der Waals surface area (Å²) >= 11 is 1.58. The summed E-state index contributed by atoms with van der Waals surface area (Å²) in [4.78, 5) is 69.8. The number of thiazole rings is 1. The number of anilines is 1. The normalized spacial score (nSPS) is 16.8. The molecular formula is C40H55N7O5S. The molecule has 13 heteroatoms. The monoisotopic (exact) mass is 745 g/mol. The average molecular weight is 746 g/mol. The minimum absolute atomic E-state index is 0.0200. The van der Waals surface area contributed by atoms with E-state index in [2.05, 4.69) is 44.0 Å². The van der Waals surface area contributed by atoms with Crippen LogP contribution in [0.1, 0.15) is 107 Å². The third-order valence-corrected chi connectivity index (χ3v) is 10.5. The average Bonchev–Trinajstić information content (AvgIpc) is 3.74. The second-order valence-electron chi connectivity index (χ2n) is 15.0. The van der Waals surface area contributed by atoms with Crippen LogP contribution in [0.25, 0.3) is 10.4 Å². The van der Waals surface area contributed by atoms with Crippen molar-refractivity contribution in [3.63, 3.8) is 0 Å². The Bertz CT molecular complexity index is 1700. The second-order valence-corrected chi connectivity index (χ2v) is 15.8. The van der Waals surface area contributed by atoms with Gasteiger partial charge in [0.2, 0.25) is 17.8 Å². The molecular weight excluding hydrogens is 691 g/mol. The number of allylic oxidation sites excluding steroid dienone is 1. The largest absolute Gasteiger partial charge is 0.391 e. The molecule has 1 fully saturated rings. The third-order valence-electron chi connectivity index (χ3n) is 9.52. The van der Waals surface area contributed by atoms with Gasteiger partial charge < -0.3 is 30.3 Å². The van der Waals surface area contributed by atoms with Crippen LogP contribution in [-0.2, 0) is 14.4 Å². The zero-order chi connectivity index (χ0) is 38.7. The Labute approximate surface area is 317 Å². The molecule has 0 bridgehead atoms. The minimum Gasteiger partial charge on any atom is -0.391 e. The zero-order valence-electron chi connectivity index (χ0n) is 31.9. The van der Waals surface area contributed by atoms with Gasteiger partial charge in [0, 0.05) is 44.9 Å². The van der Waals surface area contributed by atoms with Crippen LogP contribution < -0.4 is 15.5 Å². The number of β-amino-alcohol motifs (C(OH)–C–C–N with tert-alkyl or cyclic N) is 1. The molecule has 2 aromatic heterocycles. The number of aldehydes is 1. The number of carbonyl (C=O) groups is 4. The maximum absolute atomic E-state index is 14.1. The van der Waals surface area contributed by atoms with Crippen LogP contribution in [0.15, 0.2) is 54.3 Å². The highest BCUT2D eigenvalue weighted by atomic mass is 32.1. The molecule has 286 valence electrons. The van der Waals surface area contributed by atoms with E-state index in [0.717, 1.165) is 78.8 Å². The zero-order valence-corrected chi connectivity index (χ0v) is 32.7. The van der Waals surface area contributed by atoms with E-state index in [4.69, 9.17) is 0 Å². The Morgan fingerprint density at radius 3 is 2.36 bits per heavy atom. The molecule has 53 heavy (non-hydrogen) atoms. The molecule has 1 aromatic carbocycles. The predicted molar refractivity (Wildman–Crippen MR) is 209 cm³/mol. The first-order chi connectivity index (χ1) is 25.2. The van der Waals surface area contributed by atoms with Crippen molar-refractivity contribution >= 4 is 41.3 Å². The fourth-order valence-corrected chi connectivity index (χ4v) is 7.31. The molecule has 4 atom stereocenters. The highest BCUT2D eigenvalue weighted by Gasteiger charge is 2.44. The van der Waals surface area contributed by atoms with Gasteiger partial charge in [0.1, 0.15) is 18.4 Å². The predicted octanol–water partition coefficient (Wildman–Crippen LogP) is 5.81. The first-order valence-corrected chi connectivity index (χ1v) is 19.4. The molecule has 1 saturated heterocycles. The van der Waals surface area contributed by atoms with E-state index in [0.29, 0.717) is 12.4 Å². The summed E-state index contributed by atoms with van der Waals surface area (Å²) < 4.78 is 0. The number of likely N-dealkylation sites (tertiary alicyclic amines) is 1. The van der Waals surface area contributed by atoms with E-state index in [9.17, 15) is 24.3 Å². The van der Waals surface area contributed by atoms with Crippen LogP contribution in [0, 0.1) is 12.3 Å². The summed E-state index contributed by atoms with van der Waals surface area (Å²) in [5.74, 6) is -0.811. The number of aliphatic hydroxyl groups excluding tert-OH is 1.